The summed E-state index contributed by atoms with van der Waals surface area (Å²) in [5.74, 6) is 0.701. The molecule has 0 aliphatic carbocycles. The van der Waals surface area contributed by atoms with Crippen LogP contribution in [0.25, 0.3) is 0 Å². The fraction of sp³-hybridized carbons (Fsp3) is 0.167. The van der Waals surface area contributed by atoms with E-state index in [0.29, 0.717) is 18.9 Å². The first-order valence-electron chi connectivity index (χ1n) is 5.44. The van der Waals surface area contributed by atoms with E-state index in [1.165, 1.54) is 10.8 Å². The molecule has 0 amide bonds. The van der Waals surface area contributed by atoms with Gasteiger partial charge >= 0.3 is 5.69 Å². The van der Waals surface area contributed by atoms with E-state index in [4.69, 9.17) is 16.3 Å². The van der Waals surface area contributed by atoms with Crippen molar-refractivity contribution in [2.45, 2.75) is 6.54 Å². The number of nitrogens with one attached hydrogen (secondary N) is 1. The molecule has 0 radical (unpaired) electrons. The van der Waals surface area contributed by atoms with Gasteiger partial charge in [0.05, 0.1) is 6.54 Å². The van der Waals surface area contributed by atoms with Crippen LogP contribution in [-0.2, 0) is 6.54 Å². The van der Waals surface area contributed by atoms with Crippen LogP contribution in [0.4, 0.5) is 0 Å². The number of aromatic amines is 1. The molecule has 1 heterocycles. The molecular formula is C12H10BrClN2O3. The summed E-state index contributed by atoms with van der Waals surface area (Å²) in [6.07, 6.45) is 1.30. The fourth-order valence-corrected chi connectivity index (χ4v) is 1.87. The highest BCUT2D eigenvalue weighted by atomic mass is 79.9. The number of aromatic nitrogens is 2. The highest BCUT2D eigenvalue weighted by molar-refractivity contribution is 9.10. The highest BCUT2D eigenvalue weighted by Crippen LogP contribution is 2.15. The minimum atomic E-state index is -0.586. The van der Waals surface area contributed by atoms with Gasteiger partial charge in [-0.3, -0.25) is 14.3 Å². The summed E-state index contributed by atoms with van der Waals surface area (Å²) in [6.45, 7) is 0.593. The summed E-state index contributed by atoms with van der Waals surface area (Å²) in [4.78, 5) is 24.7. The van der Waals surface area contributed by atoms with Crippen molar-refractivity contribution in [3.63, 3.8) is 0 Å². The Morgan fingerprint density at radius 2 is 1.95 bits per heavy atom. The number of H-pyrrole nitrogens is 1. The molecule has 0 fully saturated rings. The van der Waals surface area contributed by atoms with Crippen LogP contribution in [-0.4, -0.2) is 16.2 Å². The summed E-state index contributed by atoms with van der Waals surface area (Å²) in [5.41, 5.74) is -1.09. The van der Waals surface area contributed by atoms with E-state index < -0.39 is 11.2 Å². The van der Waals surface area contributed by atoms with Crippen LogP contribution in [0.1, 0.15) is 0 Å². The predicted molar refractivity (Wildman–Crippen MR) is 76.0 cm³/mol. The Hall–Kier alpha value is -1.53. The molecule has 2 aromatic rings. The molecule has 0 spiro atoms. The van der Waals surface area contributed by atoms with Gasteiger partial charge in [0.1, 0.15) is 17.4 Å². The highest BCUT2D eigenvalue weighted by Gasteiger charge is 2.02. The Morgan fingerprint density at radius 3 is 2.63 bits per heavy atom. The summed E-state index contributed by atoms with van der Waals surface area (Å²) in [6, 6.07) is 7.34. The molecule has 0 saturated heterocycles. The molecule has 0 aliphatic rings. The Labute approximate surface area is 121 Å². The minimum absolute atomic E-state index is 0.0248. The second-order valence-corrected chi connectivity index (χ2v) is 5.05. The smallest absolute Gasteiger partial charge is 0.328 e. The number of rotatable bonds is 4. The molecule has 0 bridgehead atoms. The molecule has 1 aromatic heterocycles. The Kier molecular flexibility index (Phi) is 4.44. The van der Waals surface area contributed by atoms with Crippen molar-refractivity contribution >= 4 is 27.5 Å². The van der Waals surface area contributed by atoms with Gasteiger partial charge in [-0.15, -0.1) is 0 Å². The van der Waals surface area contributed by atoms with Gasteiger partial charge in [-0.25, -0.2) is 4.79 Å². The summed E-state index contributed by atoms with van der Waals surface area (Å²) in [5, 5.41) is -0.0248. The first-order valence-corrected chi connectivity index (χ1v) is 6.61. The van der Waals surface area contributed by atoms with Crippen LogP contribution < -0.4 is 16.0 Å². The maximum absolute atomic E-state index is 11.5. The third-order valence-corrected chi connectivity index (χ3v) is 3.18. The molecule has 1 aromatic carbocycles. The van der Waals surface area contributed by atoms with Gasteiger partial charge in [0.2, 0.25) is 0 Å². The molecular weight excluding hydrogens is 336 g/mol. The third kappa shape index (κ3) is 3.71. The lowest BCUT2D eigenvalue weighted by Gasteiger charge is -2.08. The van der Waals surface area contributed by atoms with Crippen LogP contribution in [0.15, 0.2) is 44.5 Å². The fourth-order valence-electron chi connectivity index (χ4n) is 1.44. The van der Waals surface area contributed by atoms with Crippen molar-refractivity contribution in [2.75, 3.05) is 6.61 Å². The standard InChI is InChI=1S/C12H10BrClN2O3/c13-8-1-3-9(4-2-8)19-6-5-16-7-10(14)11(17)15-12(16)18/h1-4,7H,5-6H2,(H,15,17,18). The minimum Gasteiger partial charge on any atom is -0.492 e. The largest absolute Gasteiger partial charge is 0.492 e. The summed E-state index contributed by atoms with van der Waals surface area (Å²) >= 11 is 8.97. The lowest BCUT2D eigenvalue weighted by Crippen LogP contribution is -2.31. The average Bonchev–Trinajstić information content (AvgIpc) is 2.38. The van der Waals surface area contributed by atoms with E-state index in [1.807, 2.05) is 24.3 Å². The number of benzene rings is 1. The number of hydrogen-bond acceptors (Lipinski definition) is 3. The Balaban J connectivity index is 2.00. The molecule has 0 unspecified atom stereocenters. The zero-order valence-corrected chi connectivity index (χ0v) is 12.1. The van der Waals surface area contributed by atoms with E-state index in [-0.39, 0.29) is 5.02 Å². The third-order valence-electron chi connectivity index (χ3n) is 2.38. The van der Waals surface area contributed by atoms with Gasteiger partial charge in [0.15, 0.2) is 0 Å². The van der Waals surface area contributed by atoms with Crippen molar-refractivity contribution < 1.29 is 4.74 Å². The van der Waals surface area contributed by atoms with Gasteiger partial charge in [-0.2, -0.15) is 0 Å². The van der Waals surface area contributed by atoms with Crippen molar-refractivity contribution in [1.82, 2.24) is 9.55 Å². The molecule has 0 saturated carbocycles. The number of hydrogen-bond donors (Lipinski definition) is 1. The molecule has 0 aliphatic heterocycles. The average molecular weight is 346 g/mol. The molecule has 5 nitrogen and oxygen atoms in total. The van der Waals surface area contributed by atoms with Gasteiger partial charge in [-0.05, 0) is 24.3 Å². The Bertz CT molecular complexity index is 679. The zero-order valence-electron chi connectivity index (χ0n) is 9.73. The SMILES string of the molecule is O=c1[nH]c(=O)n(CCOc2ccc(Br)cc2)cc1Cl. The van der Waals surface area contributed by atoms with Crippen LogP contribution in [0, 0.1) is 0 Å². The van der Waals surface area contributed by atoms with E-state index in [0.717, 1.165) is 4.47 Å². The normalized spacial score (nSPS) is 10.4. The quantitative estimate of drug-likeness (QED) is 0.922. The van der Waals surface area contributed by atoms with Crippen LogP contribution in [0.3, 0.4) is 0 Å². The monoisotopic (exact) mass is 344 g/mol. The second-order valence-electron chi connectivity index (χ2n) is 3.73. The van der Waals surface area contributed by atoms with Crippen molar-refractivity contribution in [3.05, 3.63) is 60.8 Å². The van der Waals surface area contributed by atoms with Crippen molar-refractivity contribution in [2.24, 2.45) is 0 Å². The first-order chi connectivity index (χ1) is 9.06. The van der Waals surface area contributed by atoms with Crippen LogP contribution in [0.5, 0.6) is 5.75 Å². The molecule has 2 rings (SSSR count). The van der Waals surface area contributed by atoms with Crippen LogP contribution >= 0.6 is 27.5 Å². The second kappa shape index (κ2) is 6.08. The molecule has 100 valence electrons. The lowest BCUT2D eigenvalue weighted by molar-refractivity contribution is 0.295. The van der Waals surface area contributed by atoms with Crippen molar-refractivity contribution in [3.8, 4) is 5.75 Å². The topological polar surface area (TPSA) is 64.1 Å². The first kappa shape index (κ1) is 13.9. The van der Waals surface area contributed by atoms with Gasteiger partial charge in [0, 0.05) is 10.7 Å². The molecule has 19 heavy (non-hydrogen) atoms. The van der Waals surface area contributed by atoms with Crippen LogP contribution in [0.2, 0.25) is 5.02 Å². The lowest BCUT2D eigenvalue weighted by atomic mass is 10.3. The van der Waals surface area contributed by atoms with E-state index in [9.17, 15) is 9.59 Å². The predicted octanol–water partition coefficient (Wildman–Crippen LogP) is 2.03. The van der Waals surface area contributed by atoms with Gasteiger partial charge < -0.3 is 4.74 Å². The number of halogens is 2. The van der Waals surface area contributed by atoms with E-state index >= 15 is 0 Å². The number of nitrogens with zero attached hydrogens (tertiary/aromatic N) is 1. The van der Waals surface area contributed by atoms with E-state index in [1.54, 1.807) is 0 Å². The molecule has 7 heteroatoms. The summed E-state index contributed by atoms with van der Waals surface area (Å²) < 4.78 is 7.73. The zero-order chi connectivity index (χ0) is 13.8. The number of ether oxygens (including phenoxy) is 1. The maximum atomic E-state index is 11.5. The van der Waals surface area contributed by atoms with Crippen molar-refractivity contribution in [1.29, 1.82) is 0 Å². The summed E-state index contributed by atoms with van der Waals surface area (Å²) in [7, 11) is 0. The van der Waals surface area contributed by atoms with Gasteiger partial charge in [-0.1, -0.05) is 27.5 Å². The Morgan fingerprint density at radius 1 is 1.26 bits per heavy atom. The molecule has 0 atom stereocenters. The maximum Gasteiger partial charge on any atom is 0.328 e. The van der Waals surface area contributed by atoms with Gasteiger partial charge in [0.25, 0.3) is 5.56 Å². The van der Waals surface area contributed by atoms with E-state index in [2.05, 4.69) is 20.9 Å². The molecule has 1 N–H and O–H groups in total.